The van der Waals surface area contributed by atoms with Gasteiger partial charge in [-0.3, -0.25) is 4.79 Å². The maximum Gasteiger partial charge on any atom is 0.253 e. The molecule has 0 saturated heterocycles. The molecule has 1 aromatic carbocycles. The Morgan fingerprint density at radius 1 is 1.38 bits per heavy atom. The minimum atomic E-state index is -0.0555. The number of aromatic nitrogens is 2. The van der Waals surface area contributed by atoms with E-state index in [1.165, 1.54) is 4.88 Å². The third-order valence-corrected chi connectivity index (χ3v) is 4.63. The number of aryl methyl sites for hydroxylation is 2. The fourth-order valence-electron chi connectivity index (χ4n) is 2.37. The molecule has 108 valence electrons. The van der Waals surface area contributed by atoms with Crippen LogP contribution in [-0.2, 0) is 20.0 Å². The van der Waals surface area contributed by atoms with Gasteiger partial charge in [-0.2, -0.15) is 0 Å². The van der Waals surface area contributed by atoms with Crippen LogP contribution in [0.3, 0.4) is 0 Å². The Morgan fingerprint density at radius 3 is 2.95 bits per heavy atom. The molecule has 0 aliphatic rings. The zero-order valence-corrected chi connectivity index (χ0v) is 12.9. The van der Waals surface area contributed by atoms with Crippen molar-refractivity contribution in [2.24, 2.45) is 7.05 Å². The number of carbonyl (C=O) groups excluding carboxylic acids is 1. The fourth-order valence-corrected chi connectivity index (χ4v) is 3.17. The molecule has 1 amide bonds. The summed E-state index contributed by atoms with van der Waals surface area (Å²) in [5.74, 6) is -0.0555. The highest BCUT2D eigenvalue weighted by Gasteiger charge is 2.13. The van der Waals surface area contributed by atoms with Crippen LogP contribution in [0.2, 0.25) is 0 Å². The first-order valence-electron chi connectivity index (χ1n) is 6.95. The highest BCUT2D eigenvalue weighted by atomic mass is 32.1. The van der Waals surface area contributed by atoms with E-state index in [4.69, 9.17) is 0 Å². The molecule has 0 aliphatic carbocycles. The van der Waals surface area contributed by atoms with E-state index in [9.17, 15) is 4.79 Å². The molecule has 2 heterocycles. The molecule has 3 aromatic rings. The number of para-hydroxylation sites is 1. The topological polar surface area (TPSA) is 46.9 Å². The Bertz CT molecular complexity index is 788. The molecule has 0 bridgehead atoms. The Kier molecular flexibility index (Phi) is 3.75. The molecule has 0 saturated carbocycles. The summed E-state index contributed by atoms with van der Waals surface area (Å²) in [7, 11) is 1.95. The predicted molar refractivity (Wildman–Crippen MR) is 85.6 cm³/mol. The van der Waals surface area contributed by atoms with E-state index < -0.39 is 0 Å². The minimum absolute atomic E-state index is 0.0555. The van der Waals surface area contributed by atoms with Crippen molar-refractivity contribution in [2.45, 2.75) is 19.9 Å². The number of hydrogen-bond donors (Lipinski definition) is 1. The Labute approximate surface area is 127 Å². The molecular formula is C16H17N3OS. The van der Waals surface area contributed by atoms with E-state index in [0.717, 1.165) is 22.3 Å². The Balaban J connectivity index is 1.78. The van der Waals surface area contributed by atoms with Crippen molar-refractivity contribution in [1.82, 2.24) is 14.9 Å². The monoisotopic (exact) mass is 299 g/mol. The van der Waals surface area contributed by atoms with Crippen LogP contribution in [0.25, 0.3) is 10.9 Å². The van der Waals surface area contributed by atoms with Crippen LogP contribution >= 0.6 is 11.3 Å². The molecule has 0 atom stereocenters. The van der Waals surface area contributed by atoms with E-state index in [0.29, 0.717) is 12.1 Å². The van der Waals surface area contributed by atoms with Crippen LogP contribution in [-0.4, -0.2) is 15.5 Å². The van der Waals surface area contributed by atoms with Crippen molar-refractivity contribution in [1.29, 1.82) is 0 Å². The SMILES string of the molecule is CCc1cnc(CNC(=O)c2cn(C)c3ccccc23)s1. The summed E-state index contributed by atoms with van der Waals surface area (Å²) in [6, 6.07) is 7.92. The van der Waals surface area contributed by atoms with E-state index in [2.05, 4.69) is 17.2 Å². The van der Waals surface area contributed by atoms with Gasteiger partial charge in [-0.1, -0.05) is 25.1 Å². The van der Waals surface area contributed by atoms with Crippen molar-refractivity contribution in [3.8, 4) is 0 Å². The van der Waals surface area contributed by atoms with Gasteiger partial charge in [0, 0.05) is 35.2 Å². The third-order valence-electron chi connectivity index (χ3n) is 3.49. The molecule has 2 aromatic heterocycles. The van der Waals surface area contributed by atoms with Crippen LogP contribution in [0.5, 0.6) is 0 Å². The summed E-state index contributed by atoms with van der Waals surface area (Å²) in [4.78, 5) is 17.9. The lowest BCUT2D eigenvalue weighted by Gasteiger charge is -2.01. The lowest BCUT2D eigenvalue weighted by atomic mass is 10.1. The Hall–Kier alpha value is -2.14. The highest BCUT2D eigenvalue weighted by molar-refractivity contribution is 7.11. The minimum Gasteiger partial charge on any atom is -0.350 e. The summed E-state index contributed by atoms with van der Waals surface area (Å²) >= 11 is 1.65. The van der Waals surface area contributed by atoms with Crippen molar-refractivity contribution >= 4 is 28.1 Å². The van der Waals surface area contributed by atoms with Gasteiger partial charge < -0.3 is 9.88 Å². The zero-order valence-electron chi connectivity index (χ0n) is 12.1. The maximum atomic E-state index is 12.4. The lowest BCUT2D eigenvalue weighted by molar-refractivity contribution is 0.0952. The van der Waals surface area contributed by atoms with Gasteiger partial charge in [-0.15, -0.1) is 11.3 Å². The summed E-state index contributed by atoms with van der Waals surface area (Å²) in [5.41, 5.74) is 1.77. The van der Waals surface area contributed by atoms with Crippen LogP contribution < -0.4 is 5.32 Å². The number of nitrogens with zero attached hydrogens (tertiary/aromatic N) is 2. The largest absolute Gasteiger partial charge is 0.350 e. The second-order valence-corrected chi connectivity index (χ2v) is 6.13. The maximum absolute atomic E-state index is 12.4. The average Bonchev–Trinajstić information content (AvgIpc) is 3.10. The first-order valence-corrected chi connectivity index (χ1v) is 7.76. The lowest BCUT2D eigenvalue weighted by Crippen LogP contribution is -2.22. The van der Waals surface area contributed by atoms with Crippen molar-refractivity contribution in [3.63, 3.8) is 0 Å². The van der Waals surface area contributed by atoms with Gasteiger partial charge in [0.1, 0.15) is 5.01 Å². The number of thiazole rings is 1. The smallest absolute Gasteiger partial charge is 0.253 e. The molecule has 0 unspecified atom stereocenters. The quantitative estimate of drug-likeness (QED) is 0.804. The van der Waals surface area contributed by atoms with E-state index >= 15 is 0 Å². The normalized spacial score (nSPS) is 11.0. The molecule has 1 N–H and O–H groups in total. The van der Waals surface area contributed by atoms with Crippen molar-refractivity contribution in [2.75, 3.05) is 0 Å². The molecule has 0 radical (unpaired) electrons. The van der Waals surface area contributed by atoms with Gasteiger partial charge in [0.05, 0.1) is 12.1 Å². The van der Waals surface area contributed by atoms with Gasteiger partial charge in [-0.25, -0.2) is 4.98 Å². The molecule has 0 aliphatic heterocycles. The second kappa shape index (κ2) is 5.69. The molecule has 5 heteroatoms. The number of benzene rings is 1. The second-order valence-electron chi connectivity index (χ2n) is 4.93. The highest BCUT2D eigenvalue weighted by Crippen LogP contribution is 2.20. The summed E-state index contributed by atoms with van der Waals surface area (Å²) in [5, 5.41) is 4.88. The zero-order chi connectivity index (χ0) is 14.8. The van der Waals surface area contributed by atoms with E-state index in [1.807, 2.05) is 48.3 Å². The first-order chi connectivity index (χ1) is 10.2. The summed E-state index contributed by atoms with van der Waals surface area (Å²) < 4.78 is 1.98. The van der Waals surface area contributed by atoms with Gasteiger partial charge in [0.2, 0.25) is 0 Å². The number of hydrogen-bond acceptors (Lipinski definition) is 3. The van der Waals surface area contributed by atoms with Crippen LogP contribution in [0.4, 0.5) is 0 Å². The van der Waals surface area contributed by atoms with Crippen LogP contribution in [0.15, 0.2) is 36.7 Å². The number of amides is 1. The van der Waals surface area contributed by atoms with E-state index in [1.54, 1.807) is 11.3 Å². The van der Waals surface area contributed by atoms with Gasteiger partial charge in [0.25, 0.3) is 5.91 Å². The van der Waals surface area contributed by atoms with Gasteiger partial charge >= 0.3 is 0 Å². The summed E-state index contributed by atoms with van der Waals surface area (Å²) in [6.07, 6.45) is 4.73. The Morgan fingerprint density at radius 2 is 2.19 bits per heavy atom. The number of carbonyl (C=O) groups is 1. The standard InChI is InChI=1S/C16H17N3OS/c1-3-11-8-17-15(21-11)9-18-16(20)13-10-19(2)14-7-5-4-6-12(13)14/h4-8,10H,3,9H2,1-2H3,(H,18,20). The van der Waals surface area contributed by atoms with Gasteiger partial charge in [-0.05, 0) is 12.5 Å². The van der Waals surface area contributed by atoms with Gasteiger partial charge in [0.15, 0.2) is 0 Å². The summed E-state index contributed by atoms with van der Waals surface area (Å²) in [6.45, 7) is 2.58. The number of fused-ring (bicyclic) bond motifs is 1. The molecular weight excluding hydrogens is 282 g/mol. The molecule has 3 rings (SSSR count). The fraction of sp³-hybridized carbons (Fsp3) is 0.250. The molecule has 21 heavy (non-hydrogen) atoms. The van der Waals surface area contributed by atoms with E-state index in [-0.39, 0.29) is 5.91 Å². The molecule has 4 nitrogen and oxygen atoms in total. The number of rotatable bonds is 4. The third kappa shape index (κ3) is 2.69. The number of nitrogens with one attached hydrogen (secondary N) is 1. The molecule has 0 fully saturated rings. The predicted octanol–water partition coefficient (Wildman–Crippen LogP) is 3.13. The van der Waals surface area contributed by atoms with Crippen molar-refractivity contribution in [3.05, 3.63) is 52.1 Å². The van der Waals surface area contributed by atoms with Crippen molar-refractivity contribution < 1.29 is 4.79 Å². The molecule has 0 spiro atoms. The van der Waals surface area contributed by atoms with Crippen LogP contribution in [0.1, 0.15) is 27.2 Å². The average molecular weight is 299 g/mol. The first kappa shape index (κ1) is 13.8. The van der Waals surface area contributed by atoms with Crippen LogP contribution in [0, 0.1) is 0 Å².